The highest BCUT2D eigenvalue weighted by Crippen LogP contribution is 2.23. The Morgan fingerprint density at radius 1 is 1.28 bits per heavy atom. The quantitative estimate of drug-likeness (QED) is 0.674. The number of benzene rings is 1. The molecule has 0 unspecified atom stereocenters. The standard InChI is InChI=1S/C20H25N3O6/c1-12(2)19-18(13(3)22-29-19)20(26)28-11-17(25)23(4)10-16(24)21-14-7-6-8-15(9-14)27-5/h6-9,12H,10-11H2,1-5H3,(H,21,24). The van der Waals surface area contributed by atoms with Crippen molar-refractivity contribution < 1.29 is 28.4 Å². The smallest absolute Gasteiger partial charge is 0.344 e. The van der Waals surface area contributed by atoms with E-state index in [-0.39, 0.29) is 18.0 Å². The van der Waals surface area contributed by atoms with Crippen LogP contribution in [0, 0.1) is 6.92 Å². The first-order chi connectivity index (χ1) is 13.7. The lowest BCUT2D eigenvalue weighted by Crippen LogP contribution is -2.37. The van der Waals surface area contributed by atoms with Crippen LogP contribution >= 0.6 is 0 Å². The third-order valence-corrected chi connectivity index (χ3v) is 4.10. The maximum Gasteiger partial charge on any atom is 0.344 e. The Morgan fingerprint density at radius 3 is 2.66 bits per heavy atom. The molecule has 0 spiro atoms. The van der Waals surface area contributed by atoms with E-state index in [1.165, 1.54) is 19.1 Å². The van der Waals surface area contributed by atoms with Crippen LogP contribution in [0.15, 0.2) is 28.8 Å². The molecule has 0 saturated carbocycles. The Morgan fingerprint density at radius 2 is 2.00 bits per heavy atom. The highest BCUT2D eigenvalue weighted by atomic mass is 16.5. The van der Waals surface area contributed by atoms with Crippen molar-refractivity contribution in [1.82, 2.24) is 10.1 Å². The zero-order valence-electron chi connectivity index (χ0n) is 17.1. The Bertz CT molecular complexity index is 890. The molecule has 0 fully saturated rings. The SMILES string of the molecule is COc1cccc(NC(=O)CN(C)C(=O)COC(=O)c2c(C)noc2C(C)C)c1. The molecule has 9 heteroatoms. The highest BCUT2D eigenvalue weighted by molar-refractivity contribution is 5.96. The van der Waals surface area contributed by atoms with Gasteiger partial charge in [-0.3, -0.25) is 9.59 Å². The molecule has 0 aliphatic heterocycles. The molecule has 1 heterocycles. The number of anilines is 1. The van der Waals surface area contributed by atoms with Crippen LogP contribution in [-0.2, 0) is 14.3 Å². The number of methoxy groups -OCH3 is 1. The molecule has 1 aromatic carbocycles. The summed E-state index contributed by atoms with van der Waals surface area (Å²) >= 11 is 0. The maximum atomic E-state index is 12.3. The van der Waals surface area contributed by atoms with Gasteiger partial charge in [0.2, 0.25) is 5.91 Å². The van der Waals surface area contributed by atoms with Crippen LogP contribution in [0.4, 0.5) is 5.69 Å². The molecule has 2 rings (SSSR count). The molecule has 2 amide bonds. The summed E-state index contributed by atoms with van der Waals surface area (Å²) < 4.78 is 15.3. The van der Waals surface area contributed by atoms with Gasteiger partial charge in [-0.05, 0) is 19.1 Å². The van der Waals surface area contributed by atoms with Crippen molar-refractivity contribution >= 4 is 23.5 Å². The first-order valence-electron chi connectivity index (χ1n) is 9.04. The Balaban J connectivity index is 1.88. The third kappa shape index (κ3) is 5.81. The van der Waals surface area contributed by atoms with Crippen LogP contribution in [0.2, 0.25) is 0 Å². The van der Waals surface area contributed by atoms with Crippen LogP contribution < -0.4 is 10.1 Å². The number of rotatable bonds is 8. The molecule has 0 atom stereocenters. The van der Waals surface area contributed by atoms with Gasteiger partial charge in [0.25, 0.3) is 5.91 Å². The number of ether oxygens (including phenoxy) is 2. The first kappa shape index (κ1) is 21.9. The third-order valence-electron chi connectivity index (χ3n) is 4.10. The Labute approximate surface area is 168 Å². The summed E-state index contributed by atoms with van der Waals surface area (Å²) in [7, 11) is 2.98. The number of likely N-dealkylation sites (N-methyl/N-ethyl adjacent to an activating group) is 1. The molecule has 0 aliphatic rings. The van der Waals surface area contributed by atoms with Crippen LogP contribution in [0.5, 0.6) is 5.75 Å². The molecule has 156 valence electrons. The van der Waals surface area contributed by atoms with Crippen molar-refractivity contribution in [3.8, 4) is 5.75 Å². The first-order valence-corrected chi connectivity index (χ1v) is 9.04. The van der Waals surface area contributed by atoms with Crippen LogP contribution in [0.1, 0.15) is 41.6 Å². The van der Waals surface area contributed by atoms with Crippen molar-refractivity contribution in [2.24, 2.45) is 0 Å². The van der Waals surface area contributed by atoms with Crippen molar-refractivity contribution in [2.45, 2.75) is 26.7 Å². The van der Waals surface area contributed by atoms with Gasteiger partial charge in [-0.15, -0.1) is 0 Å². The second-order valence-electron chi connectivity index (χ2n) is 6.77. The maximum absolute atomic E-state index is 12.3. The summed E-state index contributed by atoms with van der Waals surface area (Å²) in [5.41, 5.74) is 1.18. The van der Waals surface area contributed by atoms with E-state index in [2.05, 4.69) is 10.5 Å². The number of hydrogen-bond acceptors (Lipinski definition) is 7. The van der Waals surface area contributed by atoms with Crippen molar-refractivity contribution in [3.05, 3.63) is 41.3 Å². The number of amides is 2. The van der Waals surface area contributed by atoms with E-state index in [0.717, 1.165) is 0 Å². The number of esters is 1. The average molecular weight is 403 g/mol. The number of hydrogen-bond donors (Lipinski definition) is 1. The fraction of sp³-hybridized carbons (Fsp3) is 0.400. The zero-order chi connectivity index (χ0) is 21.6. The fourth-order valence-corrected chi connectivity index (χ4v) is 2.54. The number of carbonyl (C=O) groups excluding carboxylic acids is 3. The lowest BCUT2D eigenvalue weighted by molar-refractivity contribution is -0.136. The molecular formula is C20H25N3O6. The second kappa shape index (κ2) is 9.72. The molecule has 2 aromatic rings. The molecule has 1 N–H and O–H groups in total. The number of nitrogens with zero attached hydrogens (tertiary/aromatic N) is 2. The summed E-state index contributed by atoms with van der Waals surface area (Å²) in [5, 5.41) is 6.46. The van der Waals surface area contributed by atoms with Gasteiger partial charge in [-0.1, -0.05) is 25.1 Å². The average Bonchev–Trinajstić information content (AvgIpc) is 3.07. The van der Waals surface area contributed by atoms with Gasteiger partial charge >= 0.3 is 5.97 Å². The molecule has 29 heavy (non-hydrogen) atoms. The Hall–Kier alpha value is -3.36. The lowest BCUT2D eigenvalue weighted by Gasteiger charge is -2.17. The van der Waals surface area contributed by atoms with Gasteiger partial charge in [0.1, 0.15) is 11.3 Å². The van der Waals surface area contributed by atoms with Crippen molar-refractivity contribution in [1.29, 1.82) is 0 Å². The topological polar surface area (TPSA) is 111 Å². The second-order valence-corrected chi connectivity index (χ2v) is 6.77. The summed E-state index contributed by atoms with van der Waals surface area (Å²) in [6, 6.07) is 6.86. The Kier molecular flexibility index (Phi) is 7.35. The van der Waals surface area contributed by atoms with Crippen LogP contribution in [-0.4, -0.2) is 55.1 Å². The predicted molar refractivity (Wildman–Crippen MR) is 105 cm³/mol. The van der Waals surface area contributed by atoms with E-state index in [0.29, 0.717) is 22.9 Å². The van der Waals surface area contributed by atoms with Gasteiger partial charge in [-0.25, -0.2) is 4.79 Å². The normalized spacial score (nSPS) is 10.6. The van der Waals surface area contributed by atoms with E-state index in [1.807, 2.05) is 13.8 Å². The molecular weight excluding hydrogens is 378 g/mol. The number of carbonyl (C=O) groups is 3. The van der Waals surface area contributed by atoms with Crippen molar-refractivity contribution in [3.63, 3.8) is 0 Å². The predicted octanol–water partition coefficient (Wildman–Crippen LogP) is 2.37. The van der Waals surface area contributed by atoms with Gasteiger partial charge in [0, 0.05) is 24.7 Å². The van der Waals surface area contributed by atoms with Gasteiger partial charge in [0.05, 0.1) is 19.3 Å². The largest absolute Gasteiger partial charge is 0.497 e. The summed E-state index contributed by atoms with van der Waals surface area (Å²) in [5.74, 6) is -0.640. The number of aryl methyl sites for hydroxylation is 1. The van der Waals surface area contributed by atoms with Gasteiger partial charge in [-0.2, -0.15) is 0 Å². The molecule has 0 saturated heterocycles. The monoisotopic (exact) mass is 403 g/mol. The molecule has 0 radical (unpaired) electrons. The molecule has 1 aromatic heterocycles. The van der Waals surface area contributed by atoms with E-state index in [1.54, 1.807) is 31.2 Å². The zero-order valence-corrected chi connectivity index (χ0v) is 17.1. The summed E-state index contributed by atoms with van der Waals surface area (Å²) in [4.78, 5) is 37.9. The molecule has 0 bridgehead atoms. The number of aromatic nitrogens is 1. The van der Waals surface area contributed by atoms with Gasteiger partial charge in [0.15, 0.2) is 12.4 Å². The number of nitrogens with one attached hydrogen (secondary N) is 1. The molecule has 9 nitrogen and oxygen atoms in total. The van der Waals surface area contributed by atoms with E-state index in [4.69, 9.17) is 14.0 Å². The van der Waals surface area contributed by atoms with Crippen LogP contribution in [0.25, 0.3) is 0 Å². The van der Waals surface area contributed by atoms with E-state index < -0.39 is 24.4 Å². The molecule has 0 aliphatic carbocycles. The van der Waals surface area contributed by atoms with E-state index in [9.17, 15) is 14.4 Å². The highest BCUT2D eigenvalue weighted by Gasteiger charge is 2.25. The fourth-order valence-electron chi connectivity index (χ4n) is 2.54. The summed E-state index contributed by atoms with van der Waals surface area (Å²) in [6.45, 7) is 4.65. The van der Waals surface area contributed by atoms with Crippen LogP contribution in [0.3, 0.4) is 0 Å². The lowest BCUT2D eigenvalue weighted by atomic mass is 10.1. The van der Waals surface area contributed by atoms with E-state index >= 15 is 0 Å². The van der Waals surface area contributed by atoms with Crippen molar-refractivity contribution in [2.75, 3.05) is 32.6 Å². The minimum absolute atomic E-state index is 0.0579. The summed E-state index contributed by atoms with van der Waals surface area (Å²) in [6.07, 6.45) is 0. The minimum Gasteiger partial charge on any atom is -0.497 e. The minimum atomic E-state index is -0.685. The van der Waals surface area contributed by atoms with Gasteiger partial charge < -0.3 is 24.2 Å².